The van der Waals surface area contributed by atoms with Gasteiger partial charge in [-0.25, -0.2) is 8.78 Å². The largest absolute Gasteiger partial charge is 0.325 e. The average molecular weight is 350 g/mol. The number of hydrogen-bond donors (Lipinski definition) is 2. The van der Waals surface area contributed by atoms with E-state index in [2.05, 4.69) is 10.6 Å². The number of nitrogens with one attached hydrogen (secondary N) is 2. The number of carbonyl (C=O) groups excluding carboxylic acids is 2. The van der Waals surface area contributed by atoms with Crippen molar-refractivity contribution >= 4 is 35.0 Å². The monoisotopic (exact) mass is 350 g/mol. The zero-order valence-electron chi connectivity index (χ0n) is 12.9. The zero-order valence-corrected chi connectivity index (χ0v) is 13.7. The minimum atomic E-state index is -0.493. The first-order valence-electron chi connectivity index (χ1n) is 7.17. The fourth-order valence-electron chi connectivity index (χ4n) is 1.82. The molecule has 0 saturated carbocycles. The van der Waals surface area contributed by atoms with Crippen LogP contribution >= 0.6 is 11.8 Å². The lowest BCUT2D eigenvalue weighted by molar-refractivity contribution is -0.115. The van der Waals surface area contributed by atoms with Crippen LogP contribution in [0.5, 0.6) is 0 Å². The van der Waals surface area contributed by atoms with Crippen LogP contribution in [-0.4, -0.2) is 22.8 Å². The Morgan fingerprint density at radius 2 is 1.71 bits per heavy atom. The number of benzene rings is 2. The van der Waals surface area contributed by atoms with Crippen molar-refractivity contribution in [3.63, 3.8) is 0 Å². The summed E-state index contributed by atoms with van der Waals surface area (Å²) in [5.74, 6) is -1.37. The van der Waals surface area contributed by atoms with Gasteiger partial charge in [-0.1, -0.05) is 6.07 Å². The molecule has 0 aliphatic rings. The van der Waals surface area contributed by atoms with Crippen LogP contribution < -0.4 is 10.6 Å². The molecule has 2 N–H and O–H groups in total. The summed E-state index contributed by atoms with van der Waals surface area (Å²) in [5.41, 5.74) is 0.849. The molecule has 7 heteroatoms. The van der Waals surface area contributed by atoms with Gasteiger partial charge in [-0.05, 0) is 49.4 Å². The molecule has 24 heavy (non-hydrogen) atoms. The van der Waals surface area contributed by atoms with Gasteiger partial charge in [0.1, 0.15) is 11.6 Å². The van der Waals surface area contributed by atoms with Gasteiger partial charge in [-0.2, -0.15) is 0 Å². The summed E-state index contributed by atoms with van der Waals surface area (Å²) >= 11 is 1.15. The van der Waals surface area contributed by atoms with Gasteiger partial charge in [0.05, 0.1) is 11.0 Å². The third kappa shape index (κ3) is 5.66. The Labute approximate surface area is 142 Å². The fourth-order valence-corrected chi connectivity index (χ4v) is 2.50. The Kier molecular flexibility index (Phi) is 6.31. The normalized spacial score (nSPS) is 11.6. The van der Waals surface area contributed by atoms with E-state index in [1.807, 2.05) is 0 Å². The fraction of sp³-hybridized carbons (Fsp3) is 0.176. The molecular formula is C17H16F2N2O2S. The highest BCUT2D eigenvalue weighted by atomic mass is 32.2. The molecule has 0 radical (unpaired) electrons. The highest BCUT2D eigenvalue weighted by Crippen LogP contribution is 2.16. The van der Waals surface area contributed by atoms with Gasteiger partial charge >= 0.3 is 0 Å². The molecule has 0 aliphatic heterocycles. The van der Waals surface area contributed by atoms with Gasteiger partial charge in [-0.3, -0.25) is 9.59 Å². The van der Waals surface area contributed by atoms with Crippen LogP contribution in [-0.2, 0) is 9.59 Å². The maximum absolute atomic E-state index is 13.1. The van der Waals surface area contributed by atoms with Gasteiger partial charge in [0, 0.05) is 11.4 Å². The van der Waals surface area contributed by atoms with Gasteiger partial charge in [0.2, 0.25) is 11.8 Å². The number of halogens is 2. The average Bonchev–Trinajstić information content (AvgIpc) is 2.54. The first kappa shape index (κ1) is 17.9. The van der Waals surface area contributed by atoms with E-state index in [4.69, 9.17) is 0 Å². The molecule has 0 fully saturated rings. The number of carbonyl (C=O) groups is 2. The molecule has 0 bridgehead atoms. The summed E-state index contributed by atoms with van der Waals surface area (Å²) in [6, 6.07) is 11.0. The zero-order chi connectivity index (χ0) is 17.5. The van der Waals surface area contributed by atoms with Crippen molar-refractivity contribution in [1.82, 2.24) is 0 Å². The van der Waals surface area contributed by atoms with Crippen molar-refractivity contribution in [3.05, 3.63) is 60.2 Å². The molecule has 2 aromatic carbocycles. The van der Waals surface area contributed by atoms with E-state index in [1.165, 1.54) is 42.5 Å². The molecule has 2 aromatic rings. The van der Waals surface area contributed by atoms with Crippen molar-refractivity contribution < 1.29 is 18.4 Å². The molecule has 0 heterocycles. The lowest BCUT2D eigenvalue weighted by atomic mass is 10.3. The molecule has 2 amide bonds. The first-order valence-corrected chi connectivity index (χ1v) is 8.22. The highest BCUT2D eigenvalue weighted by Gasteiger charge is 2.15. The van der Waals surface area contributed by atoms with Crippen LogP contribution in [0, 0.1) is 11.6 Å². The van der Waals surface area contributed by atoms with Crippen LogP contribution in [0.15, 0.2) is 48.5 Å². The predicted octanol–water partition coefficient (Wildman–Crippen LogP) is 3.66. The Balaban J connectivity index is 1.79. The standard InChI is InChI=1S/C17H16F2N2O2S/c1-11(17(23)21-15-4-2-3-13(19)9-15)24-10-16(22)20-14-7-5-12(18)6-8-14/h2-9,11H,10H2,1H3,(H,20,22)(H,21,23). The van der Waals surface area contributed by atoms with E-state index in [-0.39, 0.29) is 23.4 Å². The van der Waals surface area contributed by atoms with E-state index in [0.29, 0.717) is 11.4 Å². The van der Waals surface area contributed by atoms with E-state index in [0.717, 1.165) is 11.8 Å². The minimum absolute atomic E-state index is 0.0646. The van der Waals surface area contributed by atoms with Gasteiger partial charge < -0.3 is 10.6 Å². The maximum atomic E-state index is 13.1. The second kappa shape index (κ2) is 8.44. The predicted molar refractivity (Wildman–Crippen MR) is 92.0 cm³/mol. The Hall–Kier alpha value is -2.41. The van der Waals surface area contributed by atoms with Crippen molar-refractivity contribution in [2.24, 2.45) is 0 Å². The summed E-state index contributed by atoms with van der Waals surface area (Å²) < 4.78 is 25.9. The molecule has 0 aromatic heterocycles. The third-order valence-corrected chi connectivity index (χ3v) is 4.20. The SMILES string of the molecule is CC(SCC(=O)Nc1ccc(F)cc1)C(=O)Nc1cccc(F)c1. The van der Waals surface area contributed by atoms with Crippen LogP contribution in [0.2, 0.25) is 0 Å². The molecule has 1 atom stereocenters. The van der Waals surface area contributed by atoms with E-state index in [9.17, 15) is 18.4 Å². The summed E-state index contributed by atoms with van der Waals surface area (Å²) in [6.07, 6.45) is 0. The van der Waals surface area contributed by atoms with Crippen LogP contribution in [0.25, 0.3) is 0 Å². The minimum Gasteiger partial charge on any atom is -0.325 e. The first-order chi connectivity index (χ1) is 11.4. The van der Waals surface area contributed by atoms with Crippen molar-refractivity contribution in [2.75, 3.05) is 16.4 Å². The van der Waals surface area contributed by atoms with Crippen LogP contribution in [0.4, 0.5) is 20.2 Å². The van der Waals surface area contributed by atoms with Gasteiger partial charge in [0.15, 0.2) is 0 Å². The smallest absolute Gasteiger partial charge is 0.237 e. The lowest BCUT2D eigenvalue weighted by Gasteiger charge is -2.12. The molecule has 0 spiro atoms. The van der Waals surface area contributed by atoms with Gasteiger partial charge in [-0.15, -0.1) is 11.8 Å². The topological polar surface area (TPSA) is 58.2 Å². The molecule has 1 unspecified atom stereocenters. The molecular weight excluding hydrogens is 334 g/mol. The number of rotatable bonds is 6. The number of anilines is 2. The van der Waals surface area contributed by atoms with E-state index in [1.54, 1.807) is 13.0 Å². The maximum Gasteiger partial charge on any atom is 0.237 e. The summed E-state index contributed by atoms with van der Waals surface area (Å²) in [7, 11) is 0. The molecule has 0 saturated heterocycles. The van der Waals surface area contributed by atoms with Crippen LogP contribution in [0.3, 0.4) is 0 Å². The number of hydrogen-bond acceptors (Lipinski definition) is 3. The van der Waals surface area contributed by atoms with Gasteiger partial charge in [0.25, 0.3) is 0 Å². The second-order valence-electron chi connectivity index (χ2n) is 5.01. The van der Waals surface area contributed by atoms with Crippen molar-refractivity contribution in [1.29, 1.82) is 0 Å². The lowest BCUT2D eigenvalue weighted by Crippen LogP contribution is -2.25. The quantitative estimate of drug-likeness (QED) is 0.836. The Morgan fingerprint density at radius 3 is 2.38 bits per heavy atom. The van der Waals surface area contributed by atoms with E-state index < -0.39 is 11.1 Å². The molecule has 4 nitrogen and oxygen atoms in total. The number of thioether (sulfide) groups is 1. The molecule has 0 aliphatic carbocycles. The van der Waals surface area contributed by atoms with Crippen molar-refractivity contribution in [2.45, 2.75) is 12.2 Å². The summed E-state index contributed by atoms with van der Waals surface area (Å²) in [4.78, 5) is 23.8. The van der Waals surface area contributed by atoms with Crippen LogP contribution in [0.1, 0.15) is 6.92 Å². The Bertz CT molecular complexity index is 723. The Morgan fingerprint density at radius 1 is 1.00 bits per heavy atom. The third-order valence-electron chi connectivity index (χ3n) is 3.05. The number of amides is 2. The summed E-state index contributed by atoms with van der Waals surface area (Å²) in [6.45, 7) is 1.66. The second-order valence-corrected chi connectivity index (χ2v) is 6.34. The van der Waals surface area contributed by atoms with E-state index >= 15 is 0 Å². The molecule has 126 valence electrons. The summed E-state index contributed by atoms with van der Waals surface area (Å²) in [5, 5.41) is 4.71. The molecule has 2 rings (SSSR count). The highest BCUT2D eigenvalue weighted by molar-refractivity contribution is 8.01. The van der Waals surface area contributed by atoms with Crippen molar-refractivity contribution in [3.8, 4) is 0 Å².